The van der Waals surface area contributed by atoms with Gasteiger partial charge in [-0.05, 0) is 55.2 Å². The zero-order chi connectivity index (χ0) is 21.9. The molecule has 4 aromatic rings. The Hall–Kier alpha value is -3.67. The molecule has 0 unspecified atom stereocenters. The molecule has 3 heterocycles. The van der Waals surface area contributed by atoms with Crippen LogP contribution in [-0.4, -0.2) is 33.8 Å². The first-order valence-electron chi connectivity index (χ1n) is 11.2. The Morgan fingerprint density at radius 1 is 0.938 bits per heavy atom. The van der Waals surface area contributed by atoms with Gasteiger partial charge in [-0.25, -0.2) is 0 Å². The largest absolute Gasteiger partial charge is 0.355 e. The second-order valence-corrected chi connectivity index (χ2v) is 8.41. The van der Waals surface area contributed by atoms with Crippen LogP contribution < -0.4 is 10.2 Å². The van der Waals surface area contributed by atoms with E-state index in [-0.39, 0.29) is 5.91 Å². The van der Waals surface area contributed by atoms with Crippen molar-refractivity contribution in [2.45, 2.75) is 25.7 Å². The van der Waals surface area contributed by atoms with Gasteiger partial charge < -0.3 is 14.8 Å². The molecule has 1 saturated heterocycles. The first-order chi connectivity index (χ1) is 15.7. The monoisotopic (exact) mass is 425 g/mol. The van der Waals surface area contributed by atoms with Crippen LogP contribution in [0.1, 0.15) is 24.8 Å². The zero-order valence-electron chi connectivity index (χ0n) is 18.3. The Morgan fingerprint density at radius 2 is 1.72 bits per heavy atom. The molecule has 0 radical (unpaired) electrons. The molecule has 32 heavy (non-hydrogen) atoms. The first kappa shape index (κ1) is 20.2. The summed E-state index contributed by atoms with van der Waals surface area (Å²) in [5, 5.41) is 13.0. The van der Waals surface area contributed by atoms with Crippen LogP contribution in [0.15, 0.2) is 66.9 Å². The molecular formula is C26H27N5O. The molecule has 1 amide bonds. The molecule has 0 spiro atoms. The van der Waals surface area contributed by atoms with Gasteiger partial charge in [0.25, 0.3) is 0 Å². The van der Waals surface area contributed by atoms with Crippen LogP contribution in [0.2, 0.25) is 0 Å². The summed E-state index contributed by atoms with van der Waals surface area (Å²) in [6.07, 6.45) is 6.10. The van der Waals surface area contributed by atoms with E-state index in [9.17, 15) is 4.79 Å². The standard InChI is InChI=1S/C26H27N5O/c1-30-18-20(22-7-3-4-8-24(22)30)17-26(32)27-21-11-9-19(10-12-21)23-13-14-25(29-28-23)31-15-5-2-6-16-31/h3-4,7-14,18H,2,5-6,15-17H2,1H3,(H,27,32). The van der Waals surface area contributed by atoms with Gasteiger partial charge in [0.2, 0.25) is 5.91 Å². The first-order valence-corrected chi connectivity index (χ1v) is 11.2. The van der Waals surface area contributed by atoms with Crippen LogP contribution in [0.25, 0.3) is 22.2 Å². The van der Waals surface area contributed by atoms with Crippen LogP contribution in [-0.2, 0) is 18.3 Å². The molecule has 0 atom stereocenters. The van der Waals surface area contributed by atoms with Crippen molar-refractivity contribution in [1.29, 1.82) is 0 Å². The third-order valence-corrected chi connectivity index (χ3v) is 6.13. The highest BCUT2D eigenvalue weighted by molar-refractivity contribution is 5.96. The molecule has 0 bridgehead atoms. The minimum Gasteiger partial charge on any atom is -0.355 e. The maximum atomic E-state index is 12.6. The molecular weight excluding hydrogens is 398 g/mol. The van der Waals surface area contributed by atoms with E-state index in [1.165, 1.54) is 19.3 Å². The number of aromatic nitrogens is 3. The summed E-state index contributed by atoms with van der Waals surface area (Å²) < 4.78 is 2.06. The lowest BCUT2D eigenvalue weighted by Gasteiger charge is -2.27. The predicted octanol–water partition coefficient (Wildman–Crippen LogP) is 4.81. The second kappa shape index (κ2) is 8.83. The van der Waals surface area contributed by atoms with Gasteiger partial charge in [-0.1, -0.05) is 30.3 Å². The molecule has 0 aliphatic carbocycles. The maximum absolute atomic E-state index is 12.6. The number of carbonyl (C=O) groups is 1. The smallest absolute Gasteiger partial charge is 0.228 e. The molecule has 6 nitrogen and oxygen atoms in total. The Bertz CT molecular complexity index is 1220. The summed E-state index contributed by atoms with van der Waals surface area (Å²) in [7, 11) is 2.00. The minimum atomic E-state index is -0.0280. The number of nitrogens with one attached hydrogen (secondary N) is 1. The number of para-hydroxylation sites is 1. The van der Waals surface area contributed by atoms with Gasteiger partial charge in [0.1, 0.15) is 0 Å². The molecule has 2 aromatic heterocycles. The number of rotatable bonds is 5. The number of anilines is 2. The Labute approximate surface area is 187 Å². The van der Waals surface area contributed by atoms with E-state index in [0.29, 0.717) is 6.42 Å². The zero-order valence-corrected chi connectivity index (χ0v) is 18.3. The third kappa shape index (κ3) is 4.21. The van der Waals surface area contributed by atoms with Crippen LogP contribution in [0.5, 0.6) is 0 Å². The minimum absolute atomic E-state index is 0.0280. The topological polar surface area (TPSA) is 63.1 Å². The molecule has 1 N–H and O–H groups in total. The van der Waals surface area contributed by atoms with Gasteiger partial charge in [0.05, 0.1) is 12.1 Å². The summed E-state index contributed by atoms with van der Waals surface area (Å²) in [6.45, 7) is 2.11. The van der Waals surface area contributed by atoms with E-state index in [4.69, 9.17) is 0 Å². The number of piperidine rings is 1. The number of amides is 1. The summed E-state index contributed by atoms with van der Waals surface area (Å²) in [6, 6.07) is 20.0. The summed E-state index contributed by atoms with van der Waals surface area (Å²) in [4.78, 5) is 14.9. The average Bonchev–Trinajstić information content (AvgIpc) is 3.15. The lowest BCUT2D eigenvalue weighted by molar-refractivity contribution is -0.115. The van der Waals surface area contributed by atoms with Crippen molar-refractivity contribution in [2.24, 2.45) is 7.05 Å². The van der Waals surface area contributed by atoms with Gasteiger partial charge in [0, 0.05) is 48.5 Å². The number of hydrogen-bond acceptors (Lipinski definition) is 4. The van der Waals surface area contributed by atoms with Crippen LogP contribution in [0, 0.1) is 0 Å². The van der Waals surface area contributed by atoms with Gasteiger partial charge >= 0.3 is 0 Å². The molecule has 2 aromatic carbocycles. The fraction of sp³-hybridized carbons (Fsp3) is 0.269. The summed E-state index contributed by atoms with van der Waals surface area (Å²) in [5.74, 6) is 0.922. The predicted molar refractivity (Wildman–Crippen MR) is 129 cm³/mol. The summed E-state index contributed by atoms with van der Waals surface area (Å²) in [5.41, 5.74) is 4.75. The highest BCUT2D eigenvalue weighted by Gasteiger charge is 2.13. The molecule has 162 valence electrons. The van der Waals surface area contributed by atoms with Gasteiger partial charge in [-0.3, -0.25) is 4.79 Å². The van der Waals surface area contributed by atoms with Crippen molar-refractivity contribution in [3.8, 4) is 11.3 Å². The fourth-order valence-corrected chi connectivity index (χ4v) is 4.44. The number of benzene rings is 2. The Balaban J connectivity index is 1.24. The number of carbonyl (C=O) groups excluding carboxylic acids is 1. The number of fused-ring (bicyclic) bond motifs is 1. The van der Waals surface area contributed by atoms with Crippen LogP contribution >= 0.6 is 0 Å². The van der Waals surface area contributed by atoms with Crippen molar-refractivity contribution in [2.75, 3.05) is 23.3 Å². The molecule has 0 saturated carbocycles. The van der Waals surface area contributed by atoms with Crippen molar-refractivity contribution in [3.05, 3.63) is 72.4 Å². The van der Waals surface area contributed by atoms with Crippen molar-refractivity contribution in [1.82, 2.24) is 14.8 Å². The van der Waals surface area contributed by atoms with Crippen LogP contribution in [0.4, 0.5) is 11.5 Å². The van der Waals surface area contributed by atoms with Crippen LogP contribution in [0.3, 0.4) is 0 Å². The van der Waals surface area contributed by atoms with E-state index >= 15 is 0 Å². The third-order valence-electron chi connectivity index (χ3n) is 6.13. The van der Waals surface area contributed by atoms with E-state index in [2.05, 4.69) is 37.1 Å². The van der Waals surface area contributed by atoms with E-state index < -0.39 is 0 Å². The number of nitrogens with zero attached hydrogens (tertiary/aromatic N) is 4. The van der Waals surface area contributed by atoms with E-state index in [0.717, 1.165) is 52.3 Å². The van der Waals surface area contributed by atoms with E-state index in [1.807, 2.05) is 61.8 Å². The SMILES string of the molecule is Cn1cc(CC(=O)Nc2ccc(-c3ccc(N4CCCCC4)nn3)cc2)c2ccccc21. The fourth-order valence-electron chi connectivity index (χ4n) is 4.44. The van der Waals surface area contributed by atoms with Gasteiger partial charge in [-0.2, -0.15) is 0 Å². The quantitative estimate of drug-likeness (QED) is 0.499. The maximum Gasteiger partial charge on any atom is 0.228 e. The summed E-state index contributed by atoms with van der Waals surface area (Å²) >= 11 is 0. The highest BCUT2D eigenvalue weighted by atomic mass is 16.1. The molecule has 1 aliphatic rings. The molecule has 1 fully saturated rings. The van der Waals surface area contributed by atoms with Crippen molar-refractivity contribution in [3.63, 3.8) is 0 Å². The van der Waals surface area contributed by atoms with Gasteiger partial charge in [0.15, 0.2) is 5.82 Å². The average molecular weight is 426 g/mol. The lowest BCUT2D eigenvalue weighted by atomic mass is 10.1. The van der Waals surface area contributed by atoms with Gasteiger partial charge in [-0.15, -0.1) is 10.2 Å². The normalized spacial score (nSPS) is 14.0. The molecule has 1 aliphatic heterocycles. The number of hydrogen-bond donors (Lipinski definition) is 1. The Morgan fingerprint density at radius 3 is 2.47 bits per heavy atom. The van der Waals surface area contributed by atoms with Crippen molar-refractivity contribution < 1.29 is 4.79 Å². The van der Waals surface area contributed by atoms with Crippen molar-refractivity contribution >= 4 is 28.3 Å². The molecule has 5 rings (SSSR count). The highest BCUT2D eigenvalue weighted by Crippen LogP contribution is 2.24. The lowest BCUT2D eigenvalue weighted by Crippen LogP contribution is -2.30. The Kier molecular flexibility index (Phi) is 5.58. The molecule has 6 heteroatoms. The second-order valence-electron chi connectivity index (χ2n) is 8.41. The number of aryl methyl sites for hydroxylation is 1. The van der Waals surface area contributed by atoms with E-state index in [1.54, 1.807) is 0 Å².